The average Bonchev–Trinajstić information content (AvgIpc) is 2.80. The van der Waals surface area contributed by atoms with Gasteiger partial charge in [-0.2, -0.15) is 5.26 Å². The topological polar surface area (TPSA) is 48.7 Å². The van der Waals surface area contributed by atoms with Gasteiger partial charge in [0.15, 0.2) is 5.13 Å². The molecule has 1 N–H and O–H groups in total. The van der Waals surface area contributed by atoms with Crippen LogP contribution in [0.4, 0.5) is 10.8 Å². The van der Waals surface area contributed by atoms with Crippen molar-refractivity contribution in [3.05, 3.63) is 53.6 Å². The van der Waals surface area contributed by atoms with Crippen LogP contribution in [0.25, 0.3) is 10.2 Å². The second-order valence-electron chi connectivity index (χ2n) is 4.31. The maximum atomic E-state index is 8.88. The summed E-state index contributed by atoms with van der Waals surface area (Å²) in [5.41, 5.74) is 3.75. The number of hydrogen-bond acceptors (Lipinski definition) is 4. The van der Waals surface area contributed by atoms with Gasteiger partial charge in [-0.3, -0.25) is 0 Å². The van der Waals surface area contributed by atoms with Crippen LogP contribution in [0.15, 0.2) is 42.5 Å². The number of nitriles is 1. The van der Waals surface area contributed by atoms with E-state index in [1.807, 2.05) is 24.3 Å². The first-order valence-electron chi connectivity index (χ1n) is 5.89. The van der Waals surface area contributed by atoms with Crippen LogP contribution in [0.3, 0.4) is 0 Å². The largest absolute Gasteiger partial charge is 0.331 e. The molecule has 0 aliphatic heterocycles. The van der Waals surface area contributed by atoms with E-state index in [0.29, 0.717) is 5.56 Å². The van der Waals surface area contributed by atoms with Crippen LogP contribution < -0.4 is 5.32 Å². The molecule has 2 aromatic carbocycles. The summed E-state index contributed by atoms with van der Waals surface area (Å²) in [7, 11) is 0. The minimum atomic E-state index is 0.641. The summed E-state index contributed by atoms with van der Waals surface area (Å²) >= 11 is 1.61. The van der Waals surface area contributed by atoms with Gasteiger partial charge in [-0.25, -0.2) is 4.98 Å². The van der Waals surface area contributed by atoms with Gasteiger partial charge in [0, 0.05) is 5.69 Å². The fourth-order valence-electron chi connectivity index (χ4n) is 1.88. The third-order valence-electron chi connectivity index (χ3n) is 2.79. The summed E-state index contributed by atoms with van der Waals surface area (Å²) in [6.07, 6.45) is 0. The van der Waals surface area contributed by atoms with Gasteiger partial charge in [0.05, 0.1) is 21.8 Å². The van der Waals surface area contributed by atoms with Crippen LogP contribution in [-0.2, 0) is 0 Å². The molecule has 1 aromatic heterocycles. The molecule has 0 saturated carbocycles. The Morgan fingerprint density at radius 3 is 2.95 bits per heavy atom. The lowest BCUT2D eigenvalue weighted by molar-refractivity contribution is 1.42. The van der Waals surface area contributed by atoms with Gasteiger partial charge < -0.3 is 5.32 Å². The van der Waals surface area contributed by atoms with Gasteiger partial charge in [-0.1, -0.05) is 23.5 Å². The van der Waals surface area contributed by atoms with E-state index >= 15 is 0 Å². The molecule has 0 saturated heterocycles. The molecule has 0 amide bonds. The van der Waals surface area contributed by atoms with Crippen molar-refractivity contribution in [1.29, 1.82) is 5.26 Å². The first kappa shape index (κ1) is 11.7. The first-order valence-corrected chi connectivity index (χ1v) is 6.70. The highest BCUT2D eigenvalue weighted by atomic mass is 32.1. The lowest BCUT2D eigenvalue weighted by Crippen LogP contribution is -1.89. The zero-order valence-electron chi connectivity index (χ0n) is 10.3. The zero-order chi connectivity index (χ0) is 13.2. The molecule has 0 spiro atoms. The molecule has 0 radical (unpaired) electrons. The summed E-state index contributed by atoms with van der Waals surface area (Å²) in [4.78, 5) is 4.53. The second kappa shape index (κ2) is 4.71. The smallest absolute Gasteiger partial charge is 0.188 e. The van der Waals surface area contributed by atoms with E-state index in [1.165, 1.54) is 10.3 Å². The number of fused-ring (bicyclic) bond motifs is 1. The van der Waals surface area contributed by atoms with E-state index in [1.54, 1.807) is 17.4 Å². The van der Waals surface area contributed by atoms with Crippen molar-refractivity contribution in [2.45, 2.75) is 6.92 Å². The van der Waals surface area contributed by atoms with Crippen LogP contribution in [0.5, 0.6) is 0 Å². The SMILES string of the molecule is Cc1ccc2nc(Nc3cccc(C#N)c3)sc2c1. The molecule has 0 aliphatic rings. The normalized spacial score (nSPS) is 10.3. The third kappa shape index (κ3) is 2.42. The monoisotopic (exact) mass is 265 g/mol. The Balaban J connectivity index is 1.94. The number of rotatable bonds is 2. The lowest BCUT2D eigenvalue weighted by atomic mass is 10.2. The maximum Gasteiger partial charge on any atom is 0.188 e. The van der Waals surface area contributed by atoms with Crippen molar-refractivity contribution >= 4 is 32.4 Å². The summed E-state index contributed by atoms with van der Waals surface area (Å²) in [6, 6.07) is 15.7. The average molecular weight is 265 g/mol. The molecule has 0 unspecified atom stereocenters. The zero-order valence-corrected chi connectivity index (χ0v) is 11.2. The van der Waals surface area contributed by atoms with Crippen molar-refractivity contribution in [2.24, 2.45) is 0 Å². The van der Waals surface area contributed by atoms with Gasteiger partial charge in [-0.05, 0) is 42.8 Å². The fourth-order valence-corrected chi connectivity index (χ4v) is 2.86. The quantitative estimate of drug-likeness (QED) is 0.754. The molecule has 0 bridgehead atoms. The molecule has 0 aliphatic carbocycles. The number of benzene rings is 2. The molecule has 19 heavy (non-hydrogen) atoms. The summed E-state index contributed by atoms with van der Waals surface area (Å²) < 4.78 is 1.17. The number of anilines is 2. The second-order valence-corrected chi connectivity index (χ2v) is 5.34. The molecular weight excluding hydrogens is 254 g/mol. The first-order chi connectivity index (χ1) is 9.24. The van der Waals surface area contributed by atoms with Crippen LogP contribution in [0.2, 0.25) is 0 Å². The molecule has 1 heterocycles. The fraction of sp³-hybridized carbons (Fsp3) is 0.0667. The Morgan fingerprint density at radius 2 is 2.11 bits per heavy atom. The van der Waals surface area contributed by atoms with Crippen LogP contribution in [-0.4, -0.2) is 4.98 Å². The summed E-state index contributed by atoms with van der Waals surface area (Å²) in [6.45, 7) is 2.07. The van der Waals surface area contributed by atoms with Gasteiger partial charge in [0.1, 0.15) is 0 Å². The van der Waals surface area contributed by atoms with Gasteiger partial charge >= 0.3 is 0 Å². The molecular formula is C15H11N3S. The molecule has 4 heteroatoms. The Hall–Kier alpha value is -2.38. The van der Waals surface area contributed by atoms with Crippen LogP contribution in [0.1, 0.15) is 11.1 Å². The Labute approximate surface area is 115 Å². The van der Waals surface area contributed by atoms with E-state index in [-0.39, 0.29) is 0 Å². The minimum absolute atomic E-state index is 0.641. The predicted molar refractivity (Wildman–Crippen MR) is 78.8 cm³/mol. The number of thiazole rings is 1. The van der Waals surface area contributed by atoms with Crippen molar-refractivity contribution < 1.29 is 0 Å². The van der Waals surface area contributed by atoms with Crippen LogP contribution in [0, 0.1) is 18.3 Å². The van der Waals surface area contributed by atoms with Crippen molar-refractivity contribution in [3.8, 4) is 6.07 Å². The van der Waals surface area contributed by atoms with Crippen LogP contribution >= 0.6 is 11.3 Å². The Kier molecular flexibility index (Phi) is 2.90. The highest BCUT2D eigenvalue weighted by molar-refractivity contribution is 7.22. The van der Waals surface area contributed by atoms with Crippen molar-refractivity contribution in [3.63, 3.8) is 0 Å². The molecule has 92 valence electrons. The van der Waals surface area contributed by atoms with E-state index in [2.05, 4.69) is 35.4 Å². The maximum absolute atomic E-state index is 8.88. The van der Waals surface area contributed by atoms with E-state index < -0.39 is 0 Å². The summed E-state index contributed by atoms with van der Waals surface area (Å²) in [5.74, 6) is 0. The lowest BCUT2D eigenvalue weighted by Gasteiger charge is -2.01. The minimum Gasteiger partial charge on any atom is -0.331 e. The number of nitrogens with one attached hydrogen (secondary N) is 1. The van der Waals surface area contributed by atoms with Crippen molar-refractivity contribution in [1.82, 2.24) is 4.98 Å². The highest BCUT2D eigenvalue weighted by Gasteiger charge is 2.04. The molecule has 0 fully saturated rings. The van der Waals surface area contributed by atoms with E-state index in [4.69, 9.17) is 5.26 Å². The molecule has 3 rings (SSSR count). The third-order valence-corrected chi connectivity index (χ3v) is 3.72. The standard InChI is InChI=1S/C15H11N3S/c1-10-5-6-13-14(7-10)19-15(18-13)17-12-4-2-3-11(8-12)9-16/h2-8H,1H3,(H,17,18). The molecule has 0 atom stereocenters. The Morgan fingerprint density at radius 1 is 1.21 bits per heavy atom. The number of aromatic nitrogens is 1. The van der Waals surface area contributed by atoms with E-state index in [0.717, 1.165) is 16.3 Å². The van der Waals surface area contributed by atoms with E-state index in [9.17, 15) is 0 Å². The molecule has 3 aromatic rings. The van der Waals surface area contributed by atoms with Gasteiger partial charge in [-0.15, -0.1) is 0 Å². The Bertz CT molecular complexity index is 783. The van der Waals surface area contributed by atoms with Gasteiger partial charge in [0.2, 0.25) is 0 Å². The predicted octanol–water partition coefficient (Wildman–Crippen LogP) is 4.22. The van der Waals surface area contributed by atoms with Crippen molar-refractivity contribution in [2.75, 3.05) is 5.32 Å². The summed E-state index contributed by atoms with van der Waals surface area (Å²) in [5, 5.41) is 13.0. The highest BCUT2D eigenvalue weighted by Crippen LogP contribution is 2.29. The number of hydrogen-bond donors (Lipinski definition) is 1. The van der Waals surface area contributed by atoms with Gasteiger partial charge in [0.25, 0.3) is 0 Å². The number of aryl methyl sites for hydroxylation is 1. The number of nitrogens with zero attached hydrogens (tertiary/aromatic N) is 2. The molecule has 3 nitrogen and oxygen atoms in total.